The highest BCUT2D eigenvalue weighted by Gasteiger charge is 2.30. The molecule has 0 unspecified atom stereocenters. The van der Waals surface area contributed by atoms with Crippen molar-refractivity contribution in [2.24, 2.45) is 11.8 Å². The molecule has 3 rings (SSSR count). The van der Waals surface area contributed by atoms with Crippen LogP contribution >= 0.6 is 0 Å². The monoisotopic (exact) mass is 399 g/mol. The molecule has 0 radical (unpaired) electrons. The lowest BCUT2D eigenvalue weighted by Gasteiger charge is -2.40. The first-order valence-corrected chi connectivity index (χ1v) is 11.9. The number of hydrogen-bond acceptors (Lipinski definition) is 3. The van der Waals surface area contributed by atoms with Gasteiger partial charge in [-0.3, -0.25) is 9.69 Å². The highest BCUT2D eigenvalue weighted by molar-refractivity contribution is 5.76. The summed E-state index contributed by atoms with van der Waals surface area (Å²) in [5, 5.41) is 3.20. The molecule has 1 amide bonds. The molecule has 1 heterocycles. The Morgan fingerprint density at radius 3 is 2.45 bits per heavy atom. The number of nitrogens with one attached hydrogen (secondary N) is 1. The predicted octanol–water partition coefficient (Wildman–Crippen LogP) is 4.26. The number of anilines is 1. The fraction of sp³-hybridized carbons (Fsp3) is 0.720. The molecule has 1 aromatic carbocycles. The van der Waals surface area contributed by atoms with Gasteiger partial charge in [0, 0.05) is 44.3 Å². The minimum absolute atomic E-state index is 0.234. The third kappa shape index (κ3) is 5.97. The van der Waals surface area contributed by atoms with Crippen molar-refractivity contribution in [2.75, 3.05) is 37.6 Å². The van der Waals surface area contributed by atoms with E-state index in [1.807, 2.05) is 0 Å². The Morgan fingerprint density at radius 2 is 1.83 bits per heavy atom. The van der Waals surface area contributed by atoms with Gasteiger partial charge in [0.1, 0.15) is 0 Å². The van der Waals surface area contributed by atoms with Crippen LogP contribution in [-0.2, 0) is 17.6 Å². The average Bonchev–Trinajstić information content (AvgIpc) is 2.68. The maximum absolute atomic E-state index is 11.9. The van der Waals surface area contributed by atoms with E-state index in [1.54, 1.807) is 5.56 Å². The maximum atomic E-state index is 11.9. The van der Waals surface area contributed by atoms with E-state index < -0.39 is 0 Å². The van der Waals surface area contributed by atoms with Crippen molar-refractivity contribution in [2.45, 2.75) is 72.3 Å². The van der Waals surface area contributed by atoms with Crippen LogP contribution in [0, 0.1) is 11.8 Å². The predicted molar refractivity (Wildman–Crippen MR) is 123 cm³/mol. The van der Waals surface area contributed by atoms with Crippen molar-refractivity contribution in [3.8, 4) is 0 Å². The molecule has 0 aromatic heterocycles. The molecule has 1 saturated carbocycles. The van der Waals surface area contributed by atoms with Gasteiger partial charge in [0.15, 0.2) is 0 Å². The lowest BCUT2D eigenvalue weighted by molar-refractivity contribution is -0.123. The summed E-state index contributed by atoms with van der Waals surface area (Å²) in [5.41, 5.74) is 4.52. The standard InChI is InChI=1S/C25H41N3O/c1-5-21-8-7-9-24(23(21)6-2)28-14-12-27(13-15-28)11-10-20-17-22(18-20)26-25(29)16-19(3)4/h7-9,19-20,22H,5-6,10-18H2,1-4H3,(H,26,29). The highest BCUT2D eigenvalue weighted by Crippen LogP contribution is 2.31. The maximum Gasteiger partial charge on any atom is 0.220 e. The van der Waals surface area contributed by atoms with Crippen molar-refractivity contribution in [1.82, 2.24) is 10.2 Å². The van der Waals surface area contributed by atoms with Gasteiger partial charge < -0.3 is 10.2 Å². The van der Waals surface area contributed by atoms with Crippen molar-refractivity contribution >= 4 is 11.6 Å². The van der Waals surface area contributed by atoms with Crippen LogP contribution in [0.25, 0.3) is 0 Å². The molecule has 1 N–H and O–H groups in total. The Labute approximate surface area is 178 Å². The van der Waals surface area contributed by atoms with Gasteiger partial charge in [-0.15, -0.1) is 0 Å². The van der Waals surface area contributed by atoms with E-state index in [2.05, 4.69) is 61.0 Å². The van der Waals surface area contributed by atoms with Gasteiger partial charge in [-0.2, -0.15) is 0 Å². The van der Waals surface area contributed by atoms with Gasteiger partial charge in [-0.05, 0) is 67.7 Å². The SMILES string of the molecule is CCc1cccc(N2CCN(CCC3CC(NC(=O)CC(C)C)C3)CC2)c1CC. The quantitative estimate of drug-likeness (QED) is 0.674. The zero-order chi connectivity index (χ0) is 20.8. The van der Waals surface area contributed by atoms with Gasteiger partial charge in [-0.1, -0.05) is 39.8 Å². The smallest absolute Gasteiger partial charge is 0.220 e. The van der Waals surface area contributed by atoms with Crippen LogP contribution in [0.2, 0.25) is 0 Å². The van der Waals surface area contributed by atoms with Gasteiger partial charge in [0.05, 0.1) is 0 Å². The van der Waals surface area contributed by atoms with E-state index in [1.165, 1.54) is 50.1 Å². The molecule has 0 atom stereocenters. The molecular weight excluding hydrogens is 358 g/mol. The van der Waals surface area contributed by atoms with Crippen molar-refractivity contribution in [3.63, 3.8) is 0 Å². The van der Waals surface area contributed by atoms with Crippen LogP contribution in [-0.4, -0.2) is 49.6 Å². The second kappa shape index (κ2) is 10.5. The van der Waals surface area contributed by atoms with Gasteiger partial charge in [-0.25, -0.2) is 0 Å². The molecule has 29 heavy (non-hydrogen) atoms. The van der Waals surface area contributed by atoms with Gasteiger partial charge in [0.2, 0.25) is 5.91 Å². The Morgan fingerprint density at radius 1 is 1.10 bits per heavy atom. The number of benzene rings is 1. The second-order valence-electron chi connectivity index (χ2n) is 9.44. The summed E-state index contributed by atoms with van der Waals surface area (Å²) in [6.07, 6.45) is 6.53. The van der Waals surface area contributed by atoms with Crippen LogP contribution in [0.15, 0.2) is 18.2 Å². The number of carbonyl (C=O) groups excluding carboxylic acids is 1. The molecule has 1 aromatic rings. The summed E-state index contributed by atoms with van der Waals surface area (Å²) in [4.78, 5) is 17.1. The highest BCUT2D eigenvalue weighted by atomic mass is 16.1. The van der Waals surface area contributed by atoms with E-state index in [9.17, 15) is 4.79 Å². The molecule has 0 spiro atoms. The van der Waals surface area contributed by atoms with Crippen LogP contribution < -0.4 is 10.2 Å². The molecular formula is C25H41N3O. The third-order valence-corrected chi connectivity index (χ3v) is 6.74. The van der Waals surface area contributed by atoms with Gasteiger partial charge >= 0.3 is 0 Å². The Bertz CT molecular complexity index is 658. The zero-order valence-corrected chi connectivity index (χ0v) is 19.0. The minimum atomic E-state index is 0.234. The minimum Gasteiger partial charge on any atom is -0.369 e. The number of hydrogen-bond donors (Lipinski definition) is 1. The molecule has 4 heteroatoms. The molecule has 0 bridgehead atoms. The number of carbonyl (C=O) groups is 1. The largest absolute Gasteiger partial charge is 0.369 e. The van der Waals surface area contributed by atoms with Crippen molar-refractivity contribution in [1.29, 1.82) is 0 Å². The van der Waals surface area contributed by atoms with E-state index in [0.29, 0.717) is 18.4 Å². The van der Waals surface area contributed by atoms with Crippen LogP contribution in [0.5, 0.6) is 0 Å². The second-order valence-corrected chi connectivity index (χ2v) is 9.44. The normalized spacial score (nSPS) is 22.6. The Hall–Kier alpha value is -1.55. The third-order valence-electron chi connectivity index (χ3n) is 6.74. The Balaban J connectivity index is 1.37. The average molecular weight is 400 g/mol. The first kappa shape index (κ1) is 22.1. The topological polar surface area (TPSA) is 35.6 Å². The number of piperazine rings is 1. The summed E-state index contributed by atoms with van der Waals surface area (Å²) in [6, 6.07) is 7.26. The van der Waals surface area contributed by atoms with E-state index in [4.69, 9.17) is 0 Å². The molecule has 4 nitrogen and oxygen atoms in total. The number of rotatable bonds is 9. The molecule has 2 fully saturated rings. The number of amides is 1. The summed E-state index contributed by atoms with van der Waals surface area (Å²) >= 11 is 0. The lowest BCUT2D eigenvalue weighted by Crippen LogP contribution is -2.48. The van der Waals surface area contributed by atoms with Gasteiger partial charge in [0.25, 0.3) is 0 Å². The van der Waals surface area contributed by atoms with Crippen molar-refractivity contribution in [3.05, 3.63) is 29.3 Å². The molecule has 162 valence electrons. The molecule has 1 saturated heterocycles. The summed E-state index contributed by atoms with van der Waals surface area (Å²) in [5.74, 6) is 1.48. The number of nitrogens with zero attached hydrogens (tertiary/aromatic N) is 2. The lowest BCUT2D eigenvalue weighted by atomic mass is 9.78. The van der Waals surface area contributed by atoms with E-state index in [-0.39, 0.29) is 5.91 Å². The Kier molecular flexibility index (Phi) is 7.99. The molecule has 2 aliphatic rings. The molecule has 1 aliphatic carbocycles. The van der Waals surface area contributed by atoms with E-state index >= 15 is 0 Å². The van der Waals surface area contributed by atoms with Crippen molar-refractivity contribution < 1.29 is 4.79 Å². The first-order valence-electron chi connectivity index (χ1n) is 11.9. The van der Waals surface area contributed by atoms with E-state index in [0.717, 1.165) is 31.8 Å². The summed E-state index contributed by atoms with van der Waals surface area (Å²) in [7, 11) is 0. The molecule has 1 aliphatic heterocycles. The first-order chi connectivity index (χ1) is 14.0. The zero-order valence-electron chi connectivity index (χ0n) is 19.0. The summed E-state index contributed by atoms with van der Waals surface area (Å²) < 4.78 is 0. The fourth-order valence-corrected chi connectivity index (χ4v) is 4.98. The fourth-order valence-electron chi connectivity index (χ4n) is 4.98. The van der Waals surface area contributed by atoms with Crippen LogP contribution in [0.4, 0.5) is 5.69 Å². The number of aryl methyl sites for hydroxylation is 1. The van der Waals surface area contributed by atoms with Crippen LogP contribution in [0.1, 0.15) is 64.5 Å². The summed E-state index contributed by atoms with van der Waals surface area (Å²) in [6.45, 7) is 14.6. The van der Waals surface area contributed by atoms with Crippen LogP contribution in [0.3, 0.4) is 0 Å².